The Kier molecular flexibility index (Phi) is 4.71. The average Bonchev–Trinajstić information content (AvgIpc) is 3.02. The second-order valence-electron chi connectivity index (χ2n) is 5.76. The van der Waals surface area contributed by atoms with Crippen LogP contribution in [0, 0.1) is 0 Å². The third kappa shape index (κ3) is 4.19. The zero-order valence-corrected chi connectivity index (χ0v) is 13.4. The maximum absolute atomic E-state index is 5.69. The van der Waals surface area contributed by atoms with E-state index in [-0.39, 0.29) is 6.61 Å². The summed E-state index contributed by atoms with van der Waals surface area (Å²) in [6.45, 7) is 4.62. The lowest BCUT2D eigenvalue weighted by atomic mass is 10.0. The van der Waals surface area contributed by atoms with Gasteiger partial charge in [-0.15, -0.1) is 10.2 Å². The number of ether oxygens (including phenoxy) is 1. The van der Waals surface area contributed by atoms with Gasteiger partial charge in [0.05, 0.1) is 6.42 Å². The molecule has 3 aromatic rings. The van der Waals surface area contributed by atoms with Gasteiger partial charge < -0.3 is 9.15 Å². The summed E-state index contributed by atoms with van der Waals surface area (Å²) in [6, 6.07) is 18.2. The maximum Gasteiger partial charge on any atom is 0.253 e. The molecule has 0 saturated heterocycles. The minimum atomic E-state index is 0.281. The molecule has 0 radical (unpaired) electrons. The average molecular weight is 308 g/mol. The van der Waals surface area contributed by atoms with E-state index in [2.05, 4.69) is 36.2 Å². The van der Waals surface area contributed by atoms with Crippen LogP contribution in [-0.2, 0) is 13.0 Å². The summed E-state index contributed by atoms with van der Waals surface area (Å²) in [7, 11) is 0. The molecule has 2 aromatic carbocycles. The van der Waals surface area contributed by atoms with E-state index >= 15 is 0 Å². The third-order valence-electron chi connectivity index (χ3n) is 3.62. The van der Waals surface area contributed by atoms with Gasteiger partial charge in [0.2, 0.25) is 5.89 Å². The van der Waals surface area contributed by atoms with Gasteiger partial charge in [0.1, 0.15) is 5.75 Å². The van der Waals surface area contributed by atoms with Crippen molar-refractivity contribution in [1.82, 2.24) is 10.2 Å². The highest BCUT2D eigenvalue weighted by molar-refractivity contribution is 5.28. The standard InChI is InChI=1S/C19H20N2O2/c1-14(2)16-8-10-17(11-9-16)22-13-19-21-20-18(23-19)12-15-6-4-3-5-7-15/h3-11,14H,12-13H2,1-2H3. The molecular formula is C19H20N2O2. The first-order valence-electron chi connectivity index (χ1n) is 7.78. The Bertz CT molecular complexity index is 734. The van der Waals surface area contributed by atoms with E-state index in [1.807, 2.05) is 42.5 Å². The van der Waals surface area contributed by atoms with Gasteiger partial charge in [0.25, 0.3) is 5.89 Å². The molecule has 0 amide bonds. The van der Waals surface area contributed by atoms with Crippen molar-refractivity contribution >= 4 is 0 Å². The predicted molar refractivity (Wildman–Crippen MR) is 88.4 cm³/mol. The number of hydrogen-bond donors (Lipinski definition) is 0. The monoisotopic (exact) mass is 308 g/mol. The van der Waals surface area contributed by atoms with Gasteiger partial charge in [-0.3, -0.25) is 0 Å². The van der Waals surface area contributed by atoms with E-state index in [0.717, 1.165) is 11.3 Å². The lowest BCUT2D eigenvalue weighted by Gasteiger charge is -2.07. The van der Waals surface area contributed by atoms with Gasteiger partial charge in [-0.05, 0) is 29.2 Å². The summed E-state index contributed by atoms with van der Waals surface area (Å²) in [5.41, 5.74) is 2.44. The summed E-state index contributed by atoms with van der Waals surface area (Å²) >= 11 is 0. The molecule has 0 aliphatic rings. The zero-order chi connectivity index (χ0) is 16.1. The van der Waals surface area contributed by atoms with Crippen LogP contribution >= 0.6 is 0 Å². The molecule has 1 aromatic heterocycles. The molecule has 3 rings (SSSR count). The number of nitrogens with zero attached hydrogens (tertiary/aromatic N) is 2. The predicted octanol–water partition coefficient (Wildman–Crippen LogP) is 4.36. The van der Waals surface area contributed by atoms with Crippen LogP contribution < -0.4 is 4.74 Å². The Labute approximate surface area is 136 Å². The van der Waals surface area contributed by atoms with Crippen LogP contribution in [0.25, 0.3) is 0 Å². The fourth-order valence-electron chi connectivity index (χ4n) is 2.28. The van der Waals surface area contributed by atoms with E-state index in [0.29, 0.717) is 24.1 Å². The maximum atomic E-state index is 5.69. The SMILES string of the molecule is CC(C)c1ccc(OCc2nnc(Cc3ccccc3)o2)cc1. The van der Waals surface area contributed by atoms with E-state index < -0.39 is 0 Å². The normalized spacial score (nSPS) is 10.9. The molecule has 118 valence electrons. The van der Waals surface area contributed by atoms with Crippen LogP contribution in [0.15, 0.2) is 59.0 Å². The van der Waals surface area contributed by atoms with Crippen LogP contribution in [0.4, 0.5) is 0 Å². The van der Waals surface area contributed by atoms with Crippen molar-refractivity contribution in [2.24, 2.45) is 0 Å². The largest absolute Gasteiger partial charge is 0.484 e. The minimum Gasteiger partial charge on any atom is -0.484 e. The second-order valence-corrected chi connectivity index (χ2v) is 5.76. The molecule has 0 saturated carbocycles. The Morgan fingerprint density at radius 1 is 0.913 bits per heavy atom. The molecule has 23 heavy (non-hydrogen) atoms. The van der Waals surface area contributed by atoms with E-state index in [4.69, 9.17) is 9.15 Å². The van der Waals surface area contributed by atoms with Crippen LogP contribution in [0.5, 0.6) is 5.75 Å². The number of hydrogen-bond acceptors (Lipinski definition) is 4. The fourth-order valence-corrected chi connectivity index (χ4v) is 2.28. The number of rotatable bonds is 6. The summed E-state index contributed by atoms with van der Waals surface area (Å²) in [5.74, 6) is 2.41. The molecular weight excluding hydrogens is 288 g/mol. The first kappa shape index (κ1) is 15.3. The molecule has 0 bridgehead atoms. The molecule has 0 unspecified atom stereocenters. The van der Waals surface area contributed by atoms with Gasteiger partial charge in [-0.25, -0.2) is 0 Å². The summed E-state index contributed by atoms with van der Waals surface area (Å²) in [4.78, 5) is 0. The summed E-state index contributed by atoms with van der Waals surface area (Å²) in [6.07, 6.45) is 0.636. The Morgan fingerprint density at radius 2 is 1.61 bits per heavy atom. The lowest BCUT2D eigenvalue weighted by molar-refractivity contribution is 0.259. The van der Waals surface area contributed by atoms with Crippen molar-refractivity contribution in [3.8, 4) is 5.75 Å². The zero-order valence-electron chi connectivity index (χ0n) is 13.4. The molecule has 0 fully saturated rings. The topological polar surface area (TPSA) is 48.2 Å². The van der Waals surface area contributed by atoms with Crippen LogP contribution in [-0.4, -0.2) is 10.2 Å². The Hall–Kier alpha value is -2.62. The van der Waals surface area contributed by atoms with Crippen molar-refractivity contribution in [3.63, 3.8) is 0 Å². The van der Waals surface area contributed by atoms with Gasteiger partial charge in [-0.1, -0.05) is 56.3 Å². The Morgan fingerprint density at radius 3 is 2.30 bits per heavy atom. The molecule has 0 aliphatic heterocycles. The van der Waals surface area contributed by atoms with Gasteiger partial charge in [0.15, 0.2) is 6.61 Å². The third-order valence-corrected chi connectivity index (χ3v) is 3.62. The first-order valence-corrected chi connectivity index (χ1v) is 7.78. The van der Waals surface area contributed by atoms with Crippen LogP contribution in [0.1, 0.15) is 42.7 Å². The van der Waals surface area contributed by atoms with Gasteiger partial charge in [0, 0.05) is 0 Å². The van der Waals surface area contributed by atoms with E-state index in [1.54, 1.807) is 0 Å². The van der Waals surface area contributed by atoms with Crippen molar-refractivity contribution in [1.29, 1.82) is 0 Å². The highest BCUT2D eigenvalue weighted by atomic mass is 16.5. The molecule has 4 heteroatoms. The number of benzene rings is 2. The second kappa shape index (κ2) is 7.09. The minimum absolute atomic E-state index is 0.281. The van der Waals surface area contributed by atoms with Crippen molar-refractivity contribution in [2.75, 3.05) is 0 Å². The molecule has 0 atom stereocenters. The molecule has 0 N–H and O–H groups in total. The molecule has 0 spiro atoms. The van der Waals surface area contributed by atoms with E-state index in [1.165, 1.54) is 5.56 Å². The van der Waals surface area contributed by atoms with Crippen molar-refractivity contribution in [2.45, 2.75) is 32.8 Å². The lowest BCUT2D eigenvalue weighted by Crippen LogP contribution is -1.96. The summed E-state index contributed by atoms with van der Waals surface area (Å²) in [5, 5.41) is 8.10. The number of aromatic nitrogens is 2. The van der Waals surface area contributed by atoms with Crippen molar-refractivity contribution < 1.29 is 9.15 Å². The van der Waals surface area contributed by atoms with Crippen molar-refractivity contribution in [3.05, 3.63) is 77.5 Å². The van der Waals surface area contributed by atoms with Gasteiger partial charge in [-0.2, -0.15) is 0 Å². The highest BCUT2D eigenvalue weighted by Gasteiger charge is 2.08. The highest BCUT2D eigenvalue weighted by Crippen LogP contribution is 2.19. The first-order chi connectivity index (χ1) is 11.2. The quantitative estimate of drug-likeness (QED) is 0.678. The summed E-state index contributed by atoms with van der Waals surface area (Å²) < 4.78 is 11.3. The van der Waals surface area contributed by atoms with Gasteiger partial charge >= 0.3 is 0 Å². The molecule has 0 aliphatic carbocycles. The van der Waals surface area contributed by atoms with Crippen LogP contribution in [0.2, 0.25) is 0 Å². The fraction of sp³-hybridized carbons (Fsp3) is 0.263. The van der Waals surface area contributed by atoms with E-state index in [9.17, 15) is 0 Å². The van der Waals surface area contributed by atoms with Crippen LogP contribution in [0.3, 0.4) is 0 Å². The smallest absolute Gasteiger partial charge is 0.253 e. The molecule has 4 nitrogen and oxygen atoms in total. The Balaban J connectivity index is 1.56. The molecule has 1 heterocycles.